The fraction of sp³-hybridized carbons (Fsp3) is 0.400. The van der Waals surface area contributed by atoms with Gasteiger partial charge in [-0.3, -0.25) is 9.59 Å². The maximum Gasteiger partial charge on any atom is 0.406 e. The fourth-order valence-electron chi connectivity index (χ4n) is 2.48. The number of fused-ring (bicyclic) bond motifs is 1. The number of benzene rings is 1. The molecule has 1 atom stereocenters. The van der Waals surface area contributed by atoms with Gasteiger partial charge in [0.15, 0.2) is 17.6 Å². The third-order valence-corrected chi connectivity index (χ3v) is 3.34. The SMILES string of the molecule is CC(=O)N=C(N)N.CCC1c2cc(F)c(F)cc2C(=O)N1CC(F)(F)F. The quantitative estimate of drug-likeness (QED) is 0.467. The third kappa shape index (κ3) is 5.39. The highest BCUT2D eigenvalue weighted by Crippen LogP contribution is 2.38. The maximum atomic E-state index is 13.1. The second-order valence-electron chi connectivity index (χ2n) is 5.38. The first-order valence-electron chi connectivity index (χ1n) is 7.34. The van der Waals surface area contributed by atoms with Crippen molar-refractivity contribution in [1.29, 1.82) is 0 Å². The van der Waals surface area contributed by atoms with E-state index < -0.39 is 36.3 Å². The summed E-state index contributed by atoms with van der Waals surface area (Å²) in [7, 11) is 0. The first-order valence-corrected chi connectivity index (χ1v) is 7.34. The molecule has 11 heteroatoms. The minimum atomic E-state index is -4.55. The Balaban J connectivity index is 0.000000412. The molecule has 2 rings (SSSR count). The number of alkyl halides is 3. The van der Waals surface area contributed by atoms with Crippen molar-refractivity contribution >= 4 is 17.8 Å². The van der Waals surface area contributed by atoms with Crippen LogP contribution in [0.15, 0.2) is 17.1 Å². The molecule has 1 aromatic rings. The first kappa shape index (κ1) is 21.3. The number of hydrogen-bond donors (Lipinski definition) is 2. The van der Waals surface area contributed by atoms with Crippen molar-refractivity contribution in [2.75, 3.05) is 6.54 Å². The van der Waals surface area contributed by atoms with Crippen molar-refractivity contribution in [3.8, 4) is 0 Å². The van der Waals surface area contributed by atoms with Gasteiger partial charge in [0.05, 0.1) is 6.04 Å². The predicted octanol–water partition coefficient (Wildman–Crippen LogP) is 2.24. The summed E-state index contributed by atoms with van der Waals surface area (Å²) in [6, 6.07) is 0.582. The fourth-order valence-corrected chi connectivity index (χ4v) is 2.48. The summed E-state index contributed by atoms with van der Waals surface area (Å²) in [6.45, 7) is 1.43. The van der Waals surface area contributed by atoms with E-state index in [4.69, 9.17) is 11.5 Å². The highest BCUT2D eigenvalue weighted by molar-refractivity contribution is 5.99. The Hall–Kier alpha value is -2.72. The van der Waals surface area contributed by atoms with Crippen LogP contribution in [-0.4, -0.2) is 35.4 Å². The van der Waals surface area contributed by atoms with Crippen molar-refractivity contribution in [3.63, 3.8) is 0 Å². The van der Waals surface area contributed by atoms with Crippen LogP contribution in [0.1, 0.15) is 42.2 Å². The molecular weight excluding hydrogens is 363 g/mol. The van der Waals surface area contributed by atoms with Crippen LogP contribution in [-0.2, 0) is 4.79 Å². The van der Waals surface area contributed by atoms with E-state index in [0.29, 0.717) is 11.0 Å². The number of halogens is 5. The van der Waals surface area contributed by atoms with Crippen LogP contribution in [0.2, 0.25) is 0 Å². The summed E-state index contributed by atoms with van der Waals surface area (Å²) in [5.41, 5.74) is 9.51. The van der Waals surface area contributed by atoms with Crippen molar-refractivity contribution < 1.29 is 31.5 Å². The maximum absolute atomic E-state index is 13.1. The molecule has 144 valence electrons. The molecule has 0 saturated heterocycles. The van der Waals surface area contributed by atoms with E-state index in [-0.39, 0.29) is 29.4 Å². The lowest BCUT2D eigenvalue weighted by Crippen LogP contribution is -2.36. The molecule has 0 spiro atoms. The van der Waals surface area contributed by atoms with Gasteiger partial charge in [-0.2, -0.15) is 18.2 Å². The van der Waals surface area contributed by atoms with Crippen molar-refractivity contribution in [2.45, 2.75) is 32.5 Å². The Morgan fingerprint density at radius 1 is 1.23 bits per heavy atom. The molecule has 1 heterocycles. The van der Waals surface area contributed by atoms with Crippen molar-refractivity contribution in [2.24, 2.45) is 16.5 Å². The number of guanidine groups is 1. The summed E-state index contributed by atoms with van der Waals surface area (Å²) >= 11 is 0. The summed E-state index contributed by atoms with van der Waals surface area (Å²) in [5.74, 6) is -3.89. The molecule has 1 aromatic carbocycles. The summed E-state index contributed by atoms with van der Waals surface area (Å²) < 4.78 is 63.5. The van der Waals surface area contributed by atoms with Crippen LogP contribution in [0.25, 0.3) is 0 Å². The van der Waals surface area contributed by atoms with E-state index in [1.54, 1.807) is 6.92 Å². The van der Waals surface area contributed by atoms with Gasteiger partial charge in [-0.25, -0.2) is 8.78 Å². The van der Waals surface area contributed by atoms with Gasteiger partial charge in [-0.15, -0.1) is 0 Å². The number of hydrogen-bond acceptors (Lipinski definition) is 2. The number of nitrogens with zero attached hydrogens (tertiary/aromatic N) is 2. The lowest BCUT2D eigenvalue weighted by atomic mass is 10.0. The molecule has 0 aliphatic carbocycles. The normalized spacial score (nSPS) is 15.9. The van der Waals surface area contributed by atoms with E-state index in [9.17, 15) is 31.5 Å². The van der Waals surface area contributed by atoms with E-state index in [0.717, 1.165) is 6.07 Å². The molecule has 1 aliphatic rings. The van der Waals surface area contributed by atoms with Gasteiger partial charge < -0.3 is 16.4 Å². The molecule has 26 heavy (non-hydrogen) atoms. The molecule has 1 unspecified atom stereocenters. The van der Waals surface area contributed by atoms with Crippen LogP contribution >= 0.6 is 0 Å². The Labute approximate surface area is 145 Å². The van der Waals surface area contributed by atoms with Gasteiger partial charge in [0.1, 0.15) is 6.54 Å². The smallest absolute Gasteiger partial charge is 0.370 e. The van der Waals surface area contributed by atoms with Gasteiger partial charge in [-0.05, 0) is 24.1 Å². The molecule has 2 amide bonds. The topological polar surface area (TPSA) is 102 Å². The molecule has 0 aromatic heterocycles. The molecule has 0 saturated carbocycles. The Kier molecular flexibility index (Phi) is 6.65. The number of amides is 2. The van der Waals surface area contributed by atoms with Crippen LogP contribution in [0, 0.1) is 11.6 Å². The zero-order valence-corrected chi connectivity index (χ0v) is 13.9. The standard InChI is InChI=1S/C12H10F5NO.C3H7N3O/c1-2-10-6-3-8(13)9(14)4-7(6)11(19)18(10)5-12(15,16)17;1-2(7)6-3(4)5/h3-4,10H,2,5H2,1H3;1H3,(H4,4,5,6,7). The second kappa shape index (κ2) is 8.11. The lowest BCUT2D eigenvalue weighted by Gasteiger charge is -2.25. The highest BCUT2D eigenvalue weighted by Gasteiger charge is 2.42. The zero-order chi connectivity index (χ0) is 20.2. The first-order chi connectivity index (χ1) is 11.9. The number of aliphatic imine (C=N–C) groups is 1. The van der Waals surface area contributed by atoms with Crippen LogP contribution < -0.4 is 11.5 Å². The van der Waals surface area contributed by atoms with Gasteiger partial charge >= 0.3 is 6.18 Å². The number of rotatable bonds is 2. The van der Waals surface area contributed by atoms with Gasteiger partial charge in [-0.1, -0.05) is 6.92 Å². The molecule has 0 radical (unpaired) electrons. The largest absolute Gasteiger partial charge is 0.406 e. The highest BCUT2D eigenvalue weighted by atomic mass is 19.4. The number of carbonyl (C=O) groups excluding carboxylic acids is 2. The number of nitrogens with two attached hydrogens (primary N) is 2. The molecule has 6 nitrogen and oxygen atoms in total. The van der Waals surface area contributed by atoms with Crippen molar-refractivity contribution in [3.05, 3.63) is 34.9 Å². The van der Waals surface area contributed by atoms with E-state index >= 15 is 0 Å². The van der Waals surface area contributed by atoms with Crippen LogP contribution in [0.4, 0.5) is 22.0 Å². The average Bonchev–Trinajstić information content (AvgIpc) is 2.69. The van der Waals surface area contributed by atoms with Crippen LogP contribution in [0.3, 0.4) is 0 Å². The van der Waals surface area contributed by atoms with E-state index in [1.165, 1.54) is 6.92 Å². The molecule has 1 aliphatic heterocycles. The average molecular weight is 380 g/mol. The minimum absolute atomic E-state index is 0.107. The van der Waals surface area contributed by atoms with E-state index in [1.807, 2.05) is 0 Å². The Morgan fingerprint density at radius 3 is 2.15 bits per heavy atom. The van der Waals surface area contributed by atoms with Gasteiger partial charge in [0, 0.05) is 12.5 Å². The third-order valence-electron chi connectivity index (χ3n) is 3.34. The molecule has 0 fully saturated rings. The Morgan fingerprint density at radius 2 is 1.77 bits per heavy atom. The van der Waals surface area contributed by atoms with E-state index in [2.05, 4.69) is 4.99 Å². The van der Waals surface area contributed by atoms with Crippen LogP contribution in [0.5, 0.6) is 0 Å². The lowest BCUT2D eigenvalue weighted by molar-refractivity contribution is -0.144. The molecule has 4 N–H and O–H groups in total. The summed E-state index contributed by atoms with van der Waals surface area (Å²) in [6.07, 6.45) is -4.36. The summed E-state index contributed by atoms with van der Waals surface area (Å²) in [5, 5.41) is 0. The van der Waals surface area contributed by atoms with Gasteiger partial charge in [0.2, 0.25) is 5.91 Å². The predicted molar refractivity (Wildman–Crippen MR) is 83.0 cm³/mol. The van der Waals surface area contributed by atoms with Crippen molar-refractivity contribution in [1.82, 2.24) is 4.90 Å². The molecule has 0 bridgehead atoms. The van der Waals surface area contributed by atoms with Gasteiger partial charge in [0.25, 0.3) is 5.91 Å². The summed E-state index contributed by atoms with van der Waals surface area (Å²) in [4.78, 5) is 25.5. The zero-order valence-electron chi connectivity index (χ0n) is 13.9. The Bertz CT molecular complexity index is 729. The minimum Gasteiger partial charge on any atom is -0.370 e. The second-order valence-corrected chi connectivity index (χ2v) is 5.38. The monoisotopic (exact) mass is 380 g/mol. The number of carbonyl (C=O) groups is 2. The molecular formula is C15H17F5N4O2.